The second-order valence-electron chi connectivity index (χ2n) is 6.04. The van der Waals surface area contributed by atoms with Gasteiger partial charge in [-0.2, -0.15) is 0 Å². The average Bonchev–Trinajstić information content (AvgIpc) is 2.70. The van der Waals surface area contributed by atoms with Gasteiger partial charge in [0, 0.05) is 27.2 Å². The third-order valence-electron chi connectivity index (χ3n) is 4.83. The molecule has 0 spiro atoms. The highest BCUT2D eigenvalue weighted by Gasteiger charge is 2.46. The fourth-order valence-corrected chi connectivity index (χ4v) is 4.90. The van der Waals surface area contributed by atoms with Crippen molar-refractivity contribution in [1.82, 2.24) is 5.32 Å². The second-order valence-corrected chi connectivity index (χ2v) is 7.21. The first kappa shape index (κ1) is 11.4. The van der Waals surface area contributed by atoms with E-state index in [1.54, 1.807) is 5.56 Å². The molecule has 0 radical (unpaired) electrons. The molecular weight excluding hydrogens is 335 g/mol. The fraction of sp³-hybridized carbons (Fsp3) is 0.533. The van der Waals surface area contributed by atoms with E-state index in [4.69, 9.17) is 0 Å². The van der Waals surface area contributed by atoms with Gasteiger partial charge in [-0.05, 0) is 71.7 Å². The zero-order valence-electron chi connectivity index (χ0n) is 10.5. The van der Waals surface area contributed by atoms with E-state index < -0.39 is 0 Å². The van der Waals surface area contributed by atoms with Crippen molar-refractivity contribution in [2.45, 2.75) is 43.6 Å². The SMILES string of the molecule is CC12C=Nc3ccc(I)c(c31)C1CCCN[C@@H]1C2. The predicted octanol–water partition coefficient (Wildman–Crippen LogP) is 3.50. The van der Waals surface area contributed by atoms with E-state index in [0.717, 1.165) is 0 Å². The summed E-state index contributed by atoms with van der Waals surface area (Å²) in [6.07, 6.45) is 6.03. The van der Waals surface area contributed by atoms with Crippen LogP contribution in [0.2, 0.25) is 0 Å². The number of aliphatic imine (C=N–C) groups is 1. The van der Waals surface area contributed by atoms with Crippen LogP contribution in [0.1, 0.15) is 43.2 Å². The van der Waals surface area contributed by atoms with Crippen LogP contribution < -0.4 is 5.32 Å². The van der Waals surface area contributed by atoms with Crippen LogP contribution in [0.4, 0.5) is 5.69 Å². The van der Waals surface area contributed by atoms with Gasteiger partial charge in [0.15, 0.2) is 0 Å². The number of rotatable bonds is 0. The van der Waals surface area contributed by atoms with Crippen molar-refractivity contribution in [3.8, 4) is 0 Å². The molecule has 1 aliphatic carbocycles. The molecule has 0 saturated carbocycles. The van der Waals surface area contributed by atoms with Gasteiger partial charge in [-0.15, -0.1) is 0 Å². The molecule has 0 bridgehead atoms. The van der Waals surface area contributed by atoms with E-state index in [-0.39, 0.29) is 5.41 Å². The summed E-state index contributed by atoms with van der Waals surface area (Å²) in [5.74, 6) is 0.704. The number of piperidine rings is 1. The zero-order valence-corrected chi connectivity index (χ0v) is 12.7. The molecule has 1 saturated heterocycles. The minimum atomic E-state index is 0.164. The van der Waals surface area contributed by atoms with Gasteiger partial charge in [-0.3, -0.25) is 4.99 Å². The highest BCUT2D eigenvalue weighted by molar-refractivity contribution is 14.1. The van der Waals surface area contributed by atoms with E-state index in [1.165, 1.54) is 40.6 Å². The number of nitrogens with zero attached hydrogens (tertiary/aromatic N) is 1. The minimum absolute atomic E-state index is 0.164. The molecule has 1 aromatic rings. The van der Waals surface area contributed by atoms with Crippen molar-refractivity contribution in [3.63, 3.8) is 0 Å². The first-order valence-corrected chi connectivity index (χ1v) is 7.88. The third kappa shape index (κ3) is 1.40. The summed E-state index contributed by atoms with van der Waals surface area (Å²) < 4.78 is 1.43. The Hall–Kier alpha value is -0.420. The van der Waals surface area contributed by atoms with Gasteiger partial charge in [0.05, 0.1) is 5.69 Å². The van der Waals surface area contributed by atoms with Crippen molar-refractivity contribution < 1.29 is 0 Å². The van der Waals surface area contributed by atoms with E-state index in [2.05, 4.69) is 58.2 Å². The molecule has 1 aromatic carbocycles. The molecule has 1 N–H and O–H groups in total. The molecule has 94 valence electrons. The number of benzene rings is 1. The monoisotopic (exact) mass is 352 g/mol. The summed E-state index contributed by atoms with van der Waals surface area (Å²) in [4.78, 5) is 4.67. The number of hydrogen-bond donors (Lipinski definition) is 1. The molecule has 18 heavy (non-hydrogen) atoms. The maximum absolute atomic E-state index is 4.67. The van der Waals surface area contributed by atoms with Crippen molar-refractivity contribution in [2.24, 2.45) is 4.99 Å². The Kier molecular flexibility index (Phi) is 2.40. The lowest BCUT2D eigenvalue weighted by atomic mass is 9.64. The van der Waals surface area contributed by atoms with Gasteiger partial charge in [0.2, 0.25) is 0 Å². The van der Waals surface area contributed by atoms with Crippen LogP contribution in [0, 0.1) is 3.57 Å². The zero-order chi connectivity index (χ0) is 12.3. The van der Waals surface area contributed by atoms with Crippen molar-refractivity contribution in [3.05, 3.63) is 26.8 Å². The molecule has 3 heteroatoms. The Balaban J connectivity index is 1.97. The van der Waals surface area contributed by atoms with E-state index in [1.807, 2.05) is 0 Å². The van der Waals surface area contributed by atoms with E-state index >= 15 is 0 Å². The minimum Gasteiger partial charge on any atom is -0.313 e. The molecule has 4 rings (SSSR count). The van der Waals surface area contributed by atoms with Crippen LogP contribution in [0.15, 0.2) is 17.1 Å². The lowest BCUT2D eigenvalue weighted by molar-refractivity contribution is 0.286. The molecule has 3 atom stereocenters. The van der Waals surface area contributed by atoms with Gasteiger partial charge in [0.1, 0.15) is 0 Å². The molecule has 2 heterocycles. The summed E-state index contributed by atoms with van der Waals surface area (Å²) in [5, 5.41) is 3.74. The van der Waals surface area contributed by atoms with Gasteiger partial charge < -0.3 is 5.32 Å². The van der Waals surface area contributed by atoms with E-state index in [0.29, 0.717) is 12.0 Å². The first-order valence-electron chi connectivity index (χ1n) is 6.80. The Morgan fingerprint density at radius 2 is 2.33 bits per heavy atom. The van der Waals surface area contributed by atoms with Crippen LogP contribution >= 0.6 is 22.6 Å². The van der Waals surface area contributed by atoms with Gasteiger partial charge in [-0.1, -0.05) is 6.92 Å². The molecule has 2 unspecified atom stereocenters. The highest BCUT2D eigenvalue weighted by atomic mass is 127. The fourth-order valence-electron chi connectivity index (χ4n) is 4.05. The maximum atomic E-state index is 4.67. The van der Waals surface area contributed by atoms with Crippen molar-refractivity contribution in [1.29, 1.82) is 0 Å². The van der Waals surface area contributed by atoms with Crippen LogP contribution in [0.3, 0.4) is 0 Å². The summed E-state index contributed by atoms with van der Waals surface area (Å²) in [6, 6.07) is 5.08. The largest absolute Gasteiger partial charge is 0.313 e. The topological polar surface area (TPSA) is 24.4 Å². The number of fused-ring (bicyclic) bond motifs is 2. The molecule has 2 aliphatic heterocycles. The molecule has 3 aliphatic rings. The Labute approximate surface area is 121 Å². The Morgan fingerprint density at radius 3 is 3.22 bits per heavy atom. The summed E-state index contributed by atoms with van der Waals surface area (Å²) in [5.41, 5.74) is 4.50. The van der Waals surface area contributed by atoms with Crippen LogP contribution in [0.5, 0.6) is 0 Å². The summed E-state index contributed by atoms with van der Waals surface area (Å²) >= 11 is 2.51. The van der Waals surface area contributed by atoms with Gasteiger partial charge in [-0.25, -0.2) is 0 Å². The maximum Gasteiger partial charge on any atom is 0.0671 e. The molecule has 0 aromatic heterocycles. The third-order valence-corrected chi connectivity index (χ3v) is 5.77. The highest BCUT2D eigenvalue weighted by Crippen LogP contribution is 2.52. The smallest absolute Gasteiger partial charge is 0.0671 e. The molecular formula is C15H17IN2. The lowest BCUT2D eigenvalue weighted by Gasteiger charge is -2.44. The molecule has 2 nitrogen and oxygen atoms in total. The lowest BCUT2D eigenvalue weighted by Crippen LogP contribution is -2.48. The normalized spacial score (nSPS) is 36.3. The average molecular weight is 352 g/mol. The number of nitrogens with one attached hydrogen (secondary N) is 1. The standard InChI is InChI=1S/C15H17IN2/c1-15-7-12-9(3-2-6-17-12)13-10(16)4-5-11(14(13)15)18-8-15/h4-5,8-9,12,17H,2-3,6-7H2,1H3/t9?,12-,15?/m1/s1. The Morgan fingerprint density at radius 1 is 1.44 bits per heavy atom. The summed E-state index contributed by atoms with van der Waals surface area (Å²) in [6.45, 7) is 3.54. The van der Waals surface area contributed by atoms with Gasteiger partial charge >= 0.3 is 0 Å². The number of halogens is 1. The van der Waals surface area contributed by atoms with Crippen molar-refractivity contribution >= 4 is 34.5 Å². The molecule has 0 amide bonds. The number of hydrogen-bond acceptors (Lipinski definition) is 2. The van der Waals surface area contributed by atoms with Crippen LogP contribution in [0.25, 0.3) is 0 Å². The van der Waals surface area contributed by atoms with E-state index in [9.17, 15) is 0 Å². The second kappa shape index (κ2) is 3.79. The van der Waals surface area contributed by atoms with Gasteiger partial charge in [0.25, 0.3) is 0 Å². The first-order chi connectivity index (χ1) is 8.69. The Bertz CT molecular complexity index is 552. The predicted molar refractivity (Wildman–Crippen MR) is 83.0 cm³/mol. The van der Waals surface area contributed by atoms with Crippen LogP contribution in [-0.2, 0) is 5.41 Å². The van der Waals surface area contributed by atoms with Crippen LogP contribution in [-0.4, -0.2) is 18.8 Å². The molecule has 1 fully saturated rings. The summed E-state index contributed by atoms with van der Waals surface area (Å²) in [7, 11) is 0. The quantitative estimate of drug-likeness (QED) is 0.710. The van der Waals surface area contributed by atoms with Crippen molar-refractivity contribution in [2.75, 3.05) is 6.54 Å².